The lowest BCUT2D eigenvalue weighted by Crippen LogP contribution is -2.43. The van der Waals surface area contributed by atoms with E-state index in [-0.39, 0.29) is 12.5 Å². The highest BCUT2D eigenvalue weighted by atomic mass is 16.5. The third-order valence-electron chi connectivity index (χ3n) is 2.62. The number of aryl methyl sites for hydroxylation is 1. The molecule has 0 radical (unpaired) electrons. The van der Waals surface area contributed by atoms with Crippen LogP contribution in [0.1, 0.15) is 18.9 Å². The van der Waals surface area contributed by atoms with Gasteiger partial charge in [0.25, 0.3) is 5.91 Å². The van der Waals surface area contributed by atoms with Crippen LogP contribution < -0.4 is 10.1 Å². The summed E-state index contributed by atoms with van der Waals surface area (Å²) in [5.74, 6) is -0.184. The number of hydrogen-bond donors (Lipinski definition) is 1. The van der Waals surface area contributed by atoms with Gasteiger partial charge in [-0.05, 0) is 25.5 Å². The van der Waals surface area contributed by atoms with Crippen LogP contribution in [-0.2, 0) is 14.3 Å². The SMILES string of the molecule is CCC(NC(=O)COc1ccc(C)cc1)C(=O)OC. The maximum absolute atomic E-state index is 11.6. The topological polar surface area (TPSA) is 64.6 Å². The lowest BCUT2D eigenvalue weighted by molar-refractivity contribution is -0.145. The van der Waals surface area contributed by atoms with Crippen LogP contribution in [-0.4, -0.2) is 31.6 Å². The zero-order valence-corrected chi connectivity index (χ0v) is 11.4. The predicted molar refractivity (Wildman–Crippen MR) is 70.9 cm³/mol. The average Bonchev–Trinajstić information content (AvgIpc) is 2.43. The molecule has 19 heavy (non-hydrogen) atoms. The van der Waals surface area contributed by atoms with Crippen LogP contribution in [0.5, 0.6) is 5.75 Å². The molecule has 0 heterocycles. The molecule has 0 aliphatic rings. The number of nitrogens with one attached hydrogen (secondary N) is 1. The van der Waals surface area contributed by atoms with E-state index in [0.29, 0.717) is 12.2 Å². The third-order valence-corrected chi connectivity index (χ3v) is 2.62. The molecule has 1 unspecified atom stereocenters. The first kappa shape index (κ1) is 15.0. The van der Waals surface area contributed by atoms with Crippen molar-refractivity contribution in [2.24, 2.45) is 0 Å². The summed E-state index contributed by atoms with van der Waals surface area (Å²) in [5, 5.41) is 2.56. The van der Waals surface area contributed by atoms with Gasteiger partial charge in [0, 0.05) is 0 Å². The lowest BCUT2D eigenvalue weighted by atomic mass is 10.2. The van der Waals surface area contributed by atoms with Crippen LogP contribution in [0.15, 0.2) is 24.3 Å². The largest absolute Gasteiger partial charge is 0.484 e. The van der Waals surface area contributed by atoms with E-state index in [1.54, 1.807) is 19.1 Å². The fourth-order valence-corrected chi connectivity index (χ4v) is 1.49. The number of carbonyl (C=O) groups excluding carboxylic acids is 2. The Morgan fingerprint density at radius 1 is 1.26 bits per heavy atom. The second-order valence-electron chi connectivity index (χ2n) is 4.15. The Kier molecular flexibility index (Phi) is 5.85. The Labute approximate surface area is 112 Å². The second-order valence-corrected chi connectivity index (χ2v) is 4.15. The summed E-state index contributed by atoms with van der Waals surface area (Å²) in [4.78, 5) is 22.9. The molecule has 1 aromatic rings. The van der Waals surface area contributed by atoms with Crippen molar-refractivity contribution in [3.63, 3.8) is 0 Å². The van der Waals surface area contributed by atoms with Crippen molar-refractivity contribution in [2.45, 2.75) is 26.3 Å². The molecular formula is C14H19NO4. The fourth-order valence-electron chi connectivity index (χ4n) is 1.49. The first-order chi connectivity index (χ1) is 9.06. The lowest BCUT2D eigenvalue weighted by Gasteiger charge is -2.14. The van der Waals surface area contributed by atoms with Gasteiger partial charge >= 0.3 is 5.97 Å². The van der Waals surface area contributed by atoms with Gasteiger partial charge in [-0.2, -0.15) is 0 Å². The quantitative estimate of drug-likeness (QED) is 0.790. The summed E-state index contributed by atoms with van der Waals surface area (Å²) in [5.41, 5.74) is 1.12. The molecule has 0 saturated carbocycles. The maximum Gasteiger partial charge on any atom is 0.328 e. The van der Waals surface area contributed by atoms with Crippen molar-refractivity contribution in [3.8, 4) is 5.75 Å². The van der Waals surface area contributed by atoms with Crippen molar-refractivity contribution >= 4 is 11.9 Å². The molecule has 1 atom stereocenters. The zero-order valence-electron chi connectivity index (χ0n) is 11.4. The van der Waals surface area contributed by atoms with E-state index in [1.165, 1.54) is 7.11 Å². The van der Waals surface area contributed by atoms with Crippen LogP contribution in [0.4, 0.5) is 0 Å². The zero-order chi connectivity index (χ0) is 14.3. The van der Waals surface area contributed by atoms with Gasteiger partial charge < -0.3 is 14.8 Å². The Bertz CT molecular complexity index is 428. The first-order valence-electron chi connectivity index (χ1n) is 6.13. The second kappa shape index (κ2) is 7.41. The van der Waals surface area contributed by atoms with E-state index in [0.717, 1.165) is 5.56 Å². The van der Waals surface area contributed by atoms with Crippen molar-refractivity contribution in [1.82, 2.24) is 5.32 Å². The molecule has 0 bridgehead atoms. The number of carbonyl (C=O) groups is 2. The molecule has 0 aliphatic heterocycles. The number of hydrogen-bond acceptors (Lipinski definition) is 4. The van der Waals surface area contributed by atoms with Crippen molar-refractivity contribution in [2.75, 3.05) is 13.7 Å². The minimum atomic E-state index is -0.626. The minimum Gasteiger partial charge on any atom is -0.484 e. The van der Waals surface area contributed by atoms with Crippen LogP contribution >= 0.6 is 0 Å². The highest BCUT2D eigenvalue weighted by molar-refractivity contribution is 5.85. The van der Waals surface area contributed by atoms with E-state index in [4.69, 9.17) is 4.74 Å². The summed E-state index contributed by atoms with van der Waals surface area (Å²) in [7, 11) is 1.29. The number of rotatable bonds is 6. The molecule has 5 nitrogen and oxygen atoms in total. The number of ether oxygens (including phenoxy) is 2. The Balaban J connectivity index is 2.42. The van der Waals surface area contributed by atoms with Crippen molar-refractivity contribution < 1.29 is 19.1 Å². The van der Waals surface area contributed by atoms with Gasteiger partial charge in [0.2, 0.25) is 0 Å². The summed E-state index contributed by atoms with van der Waals surface area (Å²) in [6.07, 6.45) is 0.475. The molecule has 0 spiro atoms. The highest BCUT2D eigenvalue weighted by Crippen LogP contribution is 2.10. The van der Waals surface area contributed by atoms with Gasteiger partial charge in [0.15, 0.2) is 6.61 Å². The van der Waals surface area contributed by atoms with Gasteiger partial charge in [-0.25, -0.2) is 4.79 Å². The van der Waals surface area contributed by atoms with Crippen molar-refractivity contribution in [1.29, 1.82) is 0 Å². The van der Waals surface area contributed by atoms with Gasteiger partial charge in [-0.1, -0.05) is 24.6 Å². The van der Waals surface area contributed by atoms with Gasteiger partial charge in [0.05, 0.1) is 7.11 Å². The van der Waals surface area contributed by atoms with Crippen molar-refractivity contribution in [3.05, 3.63) is 29.8 Å². The normalized spacial score (nSPS) is 11.5. The minimum absolute atomic E-state index is 0.128. The van der Waals surface area contributed by atoms with Crippen LogP contribution in [0.2, 0.25) is 0 Å². The van der Waals surface area contributed by atoms with Gasteiger partial charge in [-0.15, -0.1) is 0 Å². The predicted octanol–water partition coefficient (Wildman–Crippen LogP) is 1.44. The molecule has 5 heteroatoms. The number of amides is 1. The van der Waals surface area contributed by atoms with E-state index in [9.17, 15) is 9.59 Å². The summed E-state index contributed by atoms with van der Waals surface area (Å²) in [6.45, 7) is 3.64. The molecule has 0 aliphatic carbocycles. The average molecular weight is 265 g/mol. The number of benzene rings is 1. The molecule has 0 fully saturated rings. The van der Waals surface area contributed by atoms with Crippen LogP contribution in [0.25, 0.3) is 0 Å². The summed E-state index contributed by atoms with van der Waals surface area (Å²) < 4.78 is 9.90. The molecule has 1 amide bonds. The standard InChI is InChI=1S/C14H19NO4/c1-4-12(14(17)18-3)15-13(16)9-19-11-7-5-10(2)6-8-11/h5-8,12H,4,9H2,1-3H3,(H,15,16). The molecule has 1 aromatic carbocycles. The molecular weight excluding hydrogens is 246 g/mol. The molecule has 1 N–H and O–H groups in total. The highest BCUT2D eigenvalue weighted by Gasteiger charge is 2.19. The van der Waals surface area contributed by atoms with E-state index in [1.807, 2.05) is 19.1 Å². The summed E-state index contributed by atoms with van der Waals surface area (Å²) >= 11 is 0. The van der Waals surface area contributed by atoms with Crippen LogP contribution in [0, 0.1) is 6.92 Å². The molecule has 0 aromatic heterocycles. The fraction of sp³-hybridized carbons (Fsp3) is 0.429. The summed E-state index contributed by atoms with van der Waals surface area (Å²) in [6, 6.07) is 6.76. The monoisotopic (exact) mass is 265 g/mol. The Morgan fingerprint density at radius 2 is 1.89 bits per heavy atom. The van der Waals surface area contributed by atoms with Gasteiger partial charge in [0.1, 0.15) is 11.8 Å². The van der Waals surface area contributed by atoms with Gasteiger partial charge in [-0.3, -0.25) is 4.79 Å². The molecule has 0 saturated heterocycles. The van der Waals surface area contributed by atoms with E-state index >= 15 is 0 Å². The Hall–Kier alpha value is -2.04. The molecule has 104 valence electrons. The maximum atomic E-state index is 11.6. The Morgan fingerprint density at radius 3 is 2.42 bits per heavy atom. The molecule has 1 rings (SSSR count). The first-order valence-corrected chi connectivity index (χ1v) is 6.13. The number of esters is 1. The third kappa shape index (κ3) is 4.99. The van der Waals surface area contributed by atoms with E-state index in [2.05, 4.69) is 10.1 Å². The van der Waals surface area contributed by atoms with E-state index < -0.39 is 12.0 Å². The number of methoxy groups -OCH3 is 1. The van der Waals surface area contributed by atoms with Crippen LogP contribution in [0.3, 0.4) is 0 Å². The smallest absolute Gasteiger partial charge is 0.328 e.